The summed E-state index contributed by atoms with van der Waals surface area (Å²) < 4.78 is 0. The first kappa shape index (κ1) is 107. The fourth-order valence-corrected chi connectivity index (χ4v) is 17.0. The Bertz CT molecular complexity index is 5210. The third-order valence-corrected chi connectivity index (χ3v) is 24.7. The van der Waals surface area contributed by atoms with E-state index >= 15 is 38.4 Å². The van der Waals surface area contributed by atoms with Crippen molar-refractivity contribution in [3.8, 4) is 0 Å². The topological polar surface area (TPSA) is 673 Å². The van der Waals surface area contributed by atoms with Crippen LogP contribution in [0.15, 0.2) is 104 Å². The molecule has 5 heterocycles. The number of nitrogens with one attached hydrogen (secondary N) is 16. The monoisotopic (exact) mass is 1910 g/mol. The molecule has 2 aliphatic heterocycles. The summed E-state index contributed by atoms with van der Waals surface area (Å²) in [5.74, 6) is -19.0. The van der Waals surface area contributed by atoms with E-state index in [9.17, 15) is 53.1 Å². The predicted molar refractivity (Wildman–Crippen MR) is 502 cm³/mol. The van der Waals surface area contributed by atoms with Crippen LogP contribution in [0.1, 0.15) is 147 Å². The highest BCUT2D eigenvalue weighted by molar-refractivity contribution is 8.00. The van der Waals surface area contributed by atoms with Gasteiger partial charge in [-0.2, -0.15) is 0 Å². The van der Waals surface area contributed by atoms with E-state index in [1.165, 1.54) is 40.6 Å². The second-order valence-electron chi connectivity index (χ2n) is 34.5. The lowest BCUT2D eigenvalue weighted by molar-refractivity contribution is -0.149. The number of para-hydroxylation sites is 2. The number of carbonyl (C=O) groups excluding carboxylic acids is 18. The van der Waals surface area contributed by atoms with E-state index in [4.69, 9.17) is 28.3 Å². The molecule has 6 aromatic rings. The number of benzene rings is 3. The summed E-state index contributed by atoms with van der Waals surface area (Å²) in [6.45, 7) is 6.42. The number of thioether (sulfide) groups is 1. The fraction of sp³-hybridized carbons (Fsp3) is 0.516. The zero-order valence-corrected chi connectivity index (χ0v) is 78.5. The number of rotatable bonds is 29. The molecule has 0 aliphatic carbocycles. The quantitative estimate of drug-likeness (QED) is 0.0128. The molecule has 136 heavy (non-hydrogen) atoms. The molecule has 3 aromatic carbocycles. The van der Waals surface area contributed by atoms with Crippen LogP contribution in [0.2, 0.25) is 0 Å². The Morgan fingerprint density at radius 1 is 0.515 bits per heavy atom. The number of primary amides is 3. The van der Waals surface area contributed by atoms with Crippen molar-refractivity contribution in [3.63, 3.8) is 0 Å². The molecule has 738 valence electrons. The number of hydrogen-bond acceptors (Lipinski definition) is 22. The van der Waals surface area contributed by atoms with E-state index in [-0.39, 0.29) is 83.7 Å². The number of hydrogen-bond donors (Lipinski definition) is 21. The molecule has 0 bridgehead atoms. The van der Waals surface area contributed by atoms with Gasteiger partial charge in [0, 0.05) is 118 Å². The van der Waals surface area contributed by atoms with Gasteiger partial charge in [-0.1, -0.05) is 120 Å². The number of unbranched alkanes of at least 4 members (excludes halogenated alkanes) is 2. The van der Waals surface area contributed by atoms with Gasteiger partial charge >= 0.3 is 0 Å². The first-order valence-electron chi connectivity index (χ1n) is 45.4. The average Bonchev–Trinajstić information content (AvgIpc) is 1.11. The van der Waals surface area contributed by atoms with Crippen LogP contribution >= 0.6 is 11.8 Å². The Kier molecular flexibility index (Phi) is 41.5. The number of H-pyrrole nitrogens is 3. The van der Waals surface area contributed by atoms with Crippen molar-refractivity contribution >= 4 is 146 Å². The Balaban J connectivity index is 1.21. The van der Waals surface area contributed by atoms with Crippen molar-refractivity contribution in [3.05, 3.63) is 126 Å². The normalized spacial score (nSPS) is 23.6. The van der Waals surface area contributed by atoms with Crippen LogP contribution in [-0.2, 0) is 112 Å². The lowest BCUT2D eigenvalue weighted by Crippen LogP contribution is -2.62. The molecular weight excluding hydrogens is 1780 g/mol. The molecule has 2 fully saturated rings. The molecular formula is C91H129N25O19S. The molecule has 0 unspecified atom stereocenters. The number of nitrogens with zero attached hydrogens (tertiary/aromatic N) is 5. The number of aliphatic hydroxyl groups excluding tert-OH is 1. The van der Waals surface area contributed by atoms with E-state index in [1.54, 1.807) is 105 Å². The van der Waals surface area contributed by atoms with Crippen molar-refractivity contribution in [2.24, 2.45) is 28.9 Å². The fourth-order valence-electron chi connectivity index (χ4n) is 16.1. The van der Waals surface area contributed by atoms with Crippen LogP contribution in [0.25, 0.3) is 21.8 Å². The first-order chi connectivity index (χ1) is 64.8. The number of fused-ring (bicyclic) bond motifs is 3. The van der Waals surface area contributed by atoms with Gasteiger partial charge in [0.1, 0.15) is 84.6 Å². The summed E-state index contributed by atoms with van der Waals surface area (Å²) >= 11 is 0.786. The number of imidazole rings is 1. The molecule has 14 atom stereocenters. The second-order valence-corrected chi connectivity index (χ2v) is 35.5. The van der Waals surface area contributed by atoms with Crippen molar-refractivity contribution < 1.29 is 91.4 Å². The maximum atomic E-state index is 15.8. The van der Waals surface area contributed by atoms with Crippen molar-refractivity contribution in [1.82, 2.24) is 103 Å². The van der Waals surface area contributed by atoms with E-state index in [1.807, 2.05) is 13.8 Å². The van der Waals surface area contributed by atoms with Gasteiger partial charge in [-0.05, 0) is 93.0 Å². The van der Waals surface area contributed by atoms with E-state index in [0.717, 1.165) is 31.4 Å². The Labute approximate surface area is 790 Å². The maximum absolute atomic E-state index is 15.8. The molecule has 8 rings (SSSR count). The lowest BCUT2D eigenvalue weighted by Gasteiger charge is -2.36. The minimum absolute atomic E-state index is 0.0104. The number of amides is 18. The van der Waals surface area contributed by atoms with E-state index in [2.05, 4.69) is 83.7 Å². The summed E-state index contributed by atoms with van der Waals surface area (Å²) in [5, 5.41) is 51.8. The van der Waals surface area contributed by atoms with Crippen molar-refractivity contribution in [2.45, 2.75) is 235 Å². The van der Waals surface area contributed by atoms with Gasteiger partial charge < -0.3 is 126 Å². The largest absolute Gasteiger partial charge is 0.394 e. The van der Waals surface area contributed by atoms with Gasteiger partial charge in [0.25, 0.3) is 0 Å². The minimum atomic E-state index is -1.92. The third-order valence-electron chi connectivity index (χ3n) is 23.7. The SMILES string of the molecule is CCCC[C@H]1C(=O)N(C)[C@@H](CCCC)C(=O)N[C@@H](CCCNC(=N)N)C(=O)N[C@H](C(=O)NCC(N)=O)CSCC(=O)N[C@@H](Cc2ccccc2)C(=O)N(C)[C@@H](C)C(=O)N[C@@H](CC(N)=O)C(=O)N2CCC[C@H]2C(=O)N[C@@H](Cc2cnc[nH]2)C(=O)N[C@@H](CC(C)C)C(=O)N[C@@H](CCC(N)=O)C(=O)N[C@@H](Cc2c[nH]c3ccccc23)C(=O)N[C@@H](CO)C(=O)N[C@@H](Cc2c[nH]c3ccccc23)C(=O)N1C. The molecule has 44 nitrogen and oxygen atoms in total. The van der Waals surface area contributed by atoms with E-state index in [0.29, 0.717) is 69.9 Å². The lowest BCUT2D eigenvalue weighted by atomic mass is 10.00. The van der Waals surface area contributed by atoms with Crippen LogP contribution in [0.5, 0.6) is 0 Å². The number of aliphatic hydroxyl groups is 1. The molecule has 45 heteroatoms. The van der Waals surface area contributed by atoms with E-state index < -0.39 is 247 Å². The molecule has 25 N–H and O–H groups in total. The predicted octanol–water partition coefficient (Wildman–Crippen LogP) is -2.85. The standard InChI is InChI=1S/C91H129N25O19S/c1-9-11-29-70-85(130)105-60(28-20-34-98-91(95)96)79(124)112-69(78(123)101-45-75(94)120)47-136-48-76(121)103-65(37-52-22-14-13-15-23-52)87(132)113(6)51(5)77(122)109-67(41-74(93)119)89(134)116-35-21-31-71(116)86(131)108-64(40-55-44-97-49-102-55)83(128)106-62(36-50(3)4)81(126)104-61(32-33-73(92)118)80(125)107-63(38-53-42-99-58-26-18-16-24-56(53)58)82(127)111-68(46-117)84(129)110-66(39-54-43-100-59-27-19-17-25-57(54)59)88(133)115(8)72(30-12-10-2)90(135)114(70)7/h13-19,22-27,42-44,49-51,60-72,99-100,117H,9-12,20-21,28-41,45-48H2,1-8H3,(H2,92,118)(H2,93,119)(H2,94,120)(H,97,102)(H,101,123)(H,103,121)(H,104,126)(H,105,130)(H,106,128)(H,107,125)(H,108,131)(H,109,122)(H,110,129)(H,111,127)(H,112,124)(H4,95,96,98)/t51-,60-,61-,62-,63-,64-,65-,66-,67-,68-,69-,70-,71-,72-/m0/s1. The second kappa shape index (κ2) is 52.6. The summed E-state index contributed by atoms with van der Waals surface area (Å²) in [7, 11) is 3.92. The van der Waals surface area contributed by atoms with Crippen molar-refractivity contribution in [2.75, 3.05) is 58.9 Å². The highest BCUT2D eigenvalue weighted by Crippen LogP contribution is 2.26. The number of nitrogens with two attached hydrogens (primary N) is 4. The molecule has 3 aromatic heterocycles. The third kappa shape index (κ3) is 31.6. The highest BCUT2D eigenvalue weighted by atomic mass is 32.2. The Hall–Kier alpha value is -14.0. The van der Waals surface area contributed by atoms with Gasteiger partial charge in [-0.3, -0.25) is 91.7 Å². The van der Waals surface area contributed by atoms with Gasteiger partial charge in [0.2, 0.25) is 106 Å². The summed E-state index contributed by atoms with van der Waals surface area (Å²) in [6.07, 6.45) is 4.30. The van der Waals surface area contributed by atoms with Gasteiger partial charge in [-0.15, -0.1) is 11.8 Å². The zero-order valence-electron chi connectivity index (χ0n) is 77.7. The summed E-state index contributed by atoms with van der Waals surface area (Å²) in [4.78, 5) is 280. The Morgan fingerprint density at radius 3 is 1.62 bits per heavy atom. The number of carbonyl (C=O) groups is 18. The van der Waals surface area contributed by atoms with Gasteiger partial charge in [0.15, 0.2) is 5.96 Å². The number of aromatic nitrogens is 4. The van der Waals surface area contributed by atoms with Crippen LogP contribution in [0.3, 0.4) is 0 Å². The summed E-state index contributed by atoms with van der Waals surface area (Å²) in [6, 6.07) is 0.252. The number of likely N-dealkylation sites (N-methyl/N-ethyl adjacent to an activating group) is 3. The first-order valence-corrected chi connectivity index (χ1v) is 46.6. The molecule has 2 aliphatic rings. The highest BCUT2D eigenvalue weighted by Gasteiger charge is 2.44. The molecule has 0 radical (unpaired) electrons. The van der Waals surface area contributed by atoms with Crippen LogP contribution in [0, 0.1) is 11.3 Å². The molecule has 0 saturated carbocycles. The molecule has 0 spiro atoms. The zero-order chi connectivity index (χ0) is 99.6. The van der Waals surface area contributed by atoms with Crippen LogP contribution in [-0.4, -0.2) is 300 Å². The summed E-state index contributed by atoms with van der Waals surface area (Å²) in [5.41, 5.74) is 25.5. The number of aromatic amines is 3. The minimum Gasteiger partial charge on any atom is -0.394 e. The van der Waals surface area contributed by atoms with Crippen LogP contribution in [0.4, 0.5) is 0 Å². The average molecular weight is 1910 g/mol. The molecule has 2 saturated heterocycles. The van der Waals surface area contributed by atoms with Gasteiger partial charge in [-0.25, -0.2) is 4.98 Å². The number of guanidine groups is 1. The van der Waals surface area contributed by atoms with Crippen LogP contribution < -0.4 is 86.7 Å². The van der Waals surface area contributed by atoms with Crippen molar-refractivity contribution in [1.29, 1.82) is 5.41 Å². The Morgan fingerprint density at radius 2 is 1.03 bits per heavy atom. The maximum Gasteiger partial charge on any atom is 0.246 e. The van der Waals surface area contributed by atoms with Gasteiger partial charge in [0.05, 0.1) is 31.7 Å². The smallest absolute Gasteiger partial charge is 0.246 e. The molecule has 18 amide bonds.